The van der Waals surface area contributed by atoms with Crippen molar-refractivity contribution in [3.63, 3.8) is 0 Å². The van der Waals surface area contributed by atoms with Crippen LogP contribution in [0.1, 0.15) is 29.9 Å². The predicted octanol–water partition coefficient (Wildman–Crippen LogP) is 5.10. The van der Waals surface area contributed by atoms with Crippen LogP contribution in [-0.4, -0.2) is 32.7 Å². The quantitative estimate of drug-likeness (QED) is 0.381. The molecule has 32 heavy (non-hydrogen) atoms. The number of benzene rings is 2. The first-order valence-electron chi connectivity index (χ1n) is 9.69. The van der Waals surface area contributed by atoms with Gasteiger partial charge in [0.2, 0.25) is 0 Å². The number of aromatic amines is 1. The Morgan fingerprint density at radius 3 is 2.66 bits per heavy atom. The number of carboxylic acid groups (broad SMARTS) is 1. The van der Waals surface area contributed by atoms with Gasteiger partial charge in [-0.3, -0.25) is 0 Å². The molecule has 0 saturated carbocycles. The Bertz CT molecular complexity index is 1390. The van der Waals surface area contributed by atoms with Gasteiger partial charge in [-0.2, -0.15) is 0 Å². The average Bonchev–Trinajstić information content (AvgIpc) is 3.09. The lowest BCUT2D eigenvalue weighted by atomic mass is 10.0. The van der Waals surface area contributed by atoms with Gasteiger partial charge in [-0.25, -0.2) is 19.1 Å². The van der Waals surface area contributed by atoms with Gasteiger partial charge in [0.1, 0.15) is 5.75 Å². The third kappa shape index (κ3) is 3.99. The molecule has 0 aliphatic heterocycles. The van der Waals surface area contributed by atoms with Gasteiger partial charge in [-0.15, -0.1) is 11.8 Å². The van der Waals surface area contributed by atoms with Crippen molar-refractivity contribution in [2.45, 2.75) is 23.5 Å². The van der Waals surface area contributed by atoms with Gasteiger partial charge >= 0.3 is 11.7 Å². The largest absolute Gasteiger partial charge is 0.496 e. The zero-order chi connectivity index (χ0) is 23.0. The van der Waals surface area contributed by atoms with Crippen LogP contribution < -0.4 is 10.4 Å². The molecule has 4 rings (SSSR count). The number of halogens is 1. The van der Waals surface area contributed by atoms with Gasteiger partial charge in [0.15, 0.2) is 11.3 Å². The van der Waals surface area contributed by atoms with Crippen LogP contribution in [-0.2, 0) is 4.75 Å². The van der Waals surface area contributed by atoms with Gasteiger partial charge in [-0.1, -0.05) is 29.8 Å². The van der Waals surface area contributed by atoms with Crippen LogP contribution in [0.2, 0.25) is 5.02 Å². The number of aromatic carboxylic acids is 1. The number of pyridine rings is 1. The van der Waals surface area contributed by atoms with E-state index in [4.69, 9.17) is 16.3 Å². The molecule has 0 bridgehead atoms. The summed E-state index contributed by atoms with van der Waals surface area (Å²) in [6.45, 7) is 4.17. The molecule has 2 heterocycles. The van der Waals surface area contributed by atoms with Crippen LogP contribution in [0.25, 0.3) is 16.9 Å². The number of H-pyrrole nitrogens is 1. The number of carboxylic acids is 1. The lowest BCUT2D eigenvalue weighted by Crippen LogP contribution is -2.16. The molecule has 2 aromatic heterocycles. The first-order valence-corrected chi connectivity index (χ1v) is 10.9. The van der Waals surface area contributed by atoms with E-state index in [1.165, 1.54) is 16.7 Å². The molecule has 0 saturated heterocycles. The van der Waals surface area contributed by atoms with E-state index in [-0.39, 0.29) is 16.1 Å². The van der Waals surface area contributed by atoms with Gasteiger partial charge in [0.25, 0.3) is 0 Å². The number of carbonyl (C=O) groups is 1. The summed E-state index contributed by atoms with van der Waals surface area (Å²) in [6, 6.07) is 16.1. The van der Waals surface area contributed by atoms with E-state index >= 15 is 0 Å². The number of hydrogen-bond acceptors (Lipinski definition) is 5. The van der Waals surface area contributed by atoms with E-state index < -0.39 is 11.7 Å². The highest BCUT2D eigenvalue weighted by Crippen LogP contribution is 2.45. The second-order valence-electron chi connectivity index (χ2n) is 7.56. The number of aromatic nitrogens is 3. The Morgan fingerprint density at radius 2 is 1.94 bits per heavy atom. The minimum Gasteiger partial charge on any atom is -0.496 e. The fourth-order valence-electron chi connectivity index (χ4n) is 3.55. The molecule has 2 aromatic carbocycles. The lowest BCUT2D eigenvalue weighted by Gasteiger charge is -2.27. The second kappa shape index (κ2) is 8.37. The molecule has 0 amide bonds. The van der Waals surface area contributed by atoms with Crippen LogP contribution in [0.15, 0.2) is 64.3 Å². The fraction of sp³-hybridized carbons (Fsp3) is 0.174. The zero-order valence-corrected chi connectivity index (χ0v) is 19.1. The Balaban J connectivity index is 1.81. The molecule has 2 N–H and O–H groups in total. The van der Waals surface area contributed by atoms with Crippen LogP contribution in [0.3, 0.4) is 0 Å². The lowest BCUT2D eigenvalue weighted by molar-refractivity contribution is 0.0691. The van der Waals surface area contributed by atoms with Crippen molar-refractivity contribution in [3.05, 3.63) is 81.4 Å². The van der Waals surface area contributed by atoms with Crippen LogP contribution >= 0.6 is 23.4 Å². The highest BCUT2D eigenvalue weighted by molar-refractivity contribution is 8.00. The number of imidazole rings is 1. The number of fused-ring (bicyclic) bond motifs is 1. The summed E-state index contributed by atoms with van der Waals surface area (Å²) in [5.41, 5.74) is 1.44. The molecule has 9 heteroatoms. The molecule has 4 aromatic rings. The predicted molar refractivity (Wildman–Crippen MR) is 126 cm³/mol. The number of nitrogens with zero attached hydrogens (tertiary/aromatic N) is 2. The fourth-order valence-corrected chi connectivity index (χ4v) is 4.92. The molecular formula is C23H20ClN3O4S. The normalized spacial score (nSPS) is 11.6. The van der Waals surface area contributed by atoms with Crippen LogP contribution in [0.4, 0.5) is 0 Å². The van der Waals surface area contributed by atoms with Crippen molar-refractivity contribution >= 4 is 40.5 Å². The van der Waals surface area contributed by atoms with Gasteiger partial charge in [-0.05, 0) is 50.2 Å². The zero-order valence-electron chi connectivity index (χ0n) is 17.5. The topological polar surface area (TPSA) is 97.2 Å². The highest BCUT2D eigenvalue weighted by atomic mass is 35.5. The first kappa shape index (κ1) is 22.0. The first-order chi connectivity index (χ1) is 15.2. The van der Waals surface area contributed by atoms with Crippen LogP contribution in [0.5, 0.6) is 5.75 Å². The van der Waals surface area contributed by atoms with E-state index in [0.29, 0.717) is 16.2 Å². The Labute approximate surface area is 193 Å². The summed E-state index contributed by atoms with van der Waals surface area (Å²) in [5, 5.41) is 9.63. The molecule has 7 nitrogen and oxygen atoms in total. The molecule has 0 aliphatic carbocycles. The summed E-state index contributed by atoms with van der Waals surface area (Å²) in [4.78, 5) is 31.8. The molecular weight excluding hydrogens is 450 g/mol. The maximum absolute atomic E-state index is 12.7. The smallest absolute Gasteiger partial charge is 0.354 e. The Hall–Kier alpha value is -3.23. The molecule has 0 spiro atoms. The number of methoxy groups -OCH3 is 1. The molecule has 164 valence electrons. The number of rotatable bonds is 6. The number of para-hydroxylation sites is 1. The molecule has 0 fully saturated rings. The summed E-state index contributed by atoms with van der Waals surface area (Å²) < 4.78 is 6.47. The summed E-state index contributed by atoms with van der Waals surface area (Å²) >= 11 is 8.04. The standard InChI is InChI=1S/C23H20ClN3O4S/c1-23(2,14-6-4-5-7-19(14)31-3)32-13-8-9-15(24)18(12-13)27-20-16(26-22(27)30)10-11-17(25-20)21(28)29/h4-12H,1-3H3,(H,26,30)(H,28,29). The molecule has 0 aliphatic rings. The number of nitrogens with one attached hydrogen (secondary N) is 1. The van der Waals surface area contributed by atoms with Crippen molar-refractivity contribution in [2.75, 3.05) is 7.11 Å². The molecule has 0 radical (unpaired) electrons. The van der Waals surface area contributed by atoms with Crippen molar-refractivity contribution < 1.29 is 14.6 Å². The maximum atomic E-state index is 12.7. The van der Waals surface area contributed by atoms with E-state index in [1.807, 2.05) is 30.3 Å². The Morgan fingerprint density at radius 1 is 1.19 bits per heavy atom. The number of hydrogen-bond donors (Lipinski definition) is 2. The van der Waals surface area contributed by atoms with E-state index in [2.05, 4.69) is 23.8 Å². The summed E-state index contributed by atoms with van der Waals surface area (Å²) in [7, 11) is 1.64. The van der Waals surface area contributed by atoms with Gasteiger partial charge in [0, 0.05) is 15.2 Å². The monoisotopic (exact) mass is 469 g/mol. The van der Waals surface area contributed by atoms with Crippen molar-refractivity contribution in [1.82, 2.24) is 14.5 Å². The van der Waals surface area contributed by atoms with E-state index in [9.17, 15) is 14.7 Å². The minimum atomic E-state index is -1.18. The van der Waals surface area contributed by atoms with E-state index in [0.717, 1.165) is 16.2 Å². The van der Waals surface area contributed by atoms with Gasteiger partial charge < -0.3 is 14.8 Å². The van der Waals surface area contributed by atoms with Crippen molar-refractivity contribution in [2.24, 2.45) is 0 Å². The van der Waals surface area contributed by atoms with Gasteiger partial charge in [0.05, 0.1) is 23.3 Å². The minimum absolute atomic E-state index is 0.163. The van der Waals surface area contributed by atoms with Crippen molar-refractivity contribution in [3.8, 4) is 11.4 Å². The Kier molecular flexibility index (Phi) is 5.75. The summed E-state index contributed by atoms with van der Waals surface area (Å²) in [5.74, 6) is -0.390. The highest BCUT2D eigenvalue weighted by Gasteiger charge is 2.26. The molecule has 0 atom stereocenters. The third-order valence-electron chi connectivity index (χ3n) is 5.04. The molecule has 0 unspecified atom stereocenters. The SMILES string of the molecule is COc1ccccc1C(C)(C)Sc1ccc(Cl)c(-n2c(=O)[nH]c3ccc(C(=O)O)nc32)c1. The summed E-state index contributed by atoms with van der Waals surface area (Å²) in [6.07, 6.45) is 0. The second-order valence-corrected chi connectivity index (χ2v) is 9.67. The number of thioether (sulfide) groups is 1. The maximum Gasteiger partial charge on any atom is 0.354 e. The van der Waals surface area contributed by atoms with E-state index in [1.54, 1.807) is 31.0 Å². The van der Waals surface area contributed by atoms with Crippen LogP contribution in [0, 0.1) is 0 Å². The third-order valence-corrected chi connectivity index (χ3v) is 6.58. The average molecular weight is 470 g/mol. The number of ether oxygens (including phenoxy) is 1. The van der Waals surface area contributed by atoms with Crippen molar-refractivity contribution in [1.29, 1.82) is 0 Å².